The number of aliphatic hydroxyl groups excluding tert-OH is 2. The summed E-state index contributed by atoms with van der Waals surface area (Å²) in [5.74, 6) is -4.83. The van der Waals surface area contributed by atoms with Gasteiger partial charge in [0.2, 0.25) is 0 Å². The fourth-order valence-electron chi connectivity index (χ4n) is 9.83. The fourth-order valence-corrected chi connectivity index (χ4v) is 9.83. The first kappa shape index (κ1) is 48.5. The Morgan fingerprint density at radius 2 is 1.71 bits per heavy atom. The second-order valence-electron chi connectivity index (χ2n) is 18.6. The highest BCUT2D eigenvalue weighted by atomic mass is 16.6. The first-order valence-corrected chi connectivity index (χ1v) is 20.8. The van der Waals surface area contributed by atoms with Crippen molar-refractivity contribution in [3.8, 4) is 11.5 Å². The Hall–Kier alpha value is -4.55. The largest absolute Gasteiger partial charge is 0.497 e. The van der Waals surface area contributed by atoms with E-state index in [0.29, 0.717) is 5.57 Å². The van der Waals surface area contributed by atoms with Crippen LogP contribution >= 0.6 is 0 Å². The zero-order chi connectivity index (χ0) is 46.5. The average Bonchev–Trinajstić information content (AvgIpc) is 3.17. The molecule has 3 aliphatic carbocycles. The molecule has 11 atom stereocenters. The summed E-state index contributed by atoms with van der Waals surface area (Å²) in [4.78, 5) is 70.3. The molecular weight excluding hydrogens is 810 g/mol. The Labute approximate surface area is 362 Å². The van der Waals surface area contributed by atoms with E-state index >= 15 is 4.79 Å². The van der Waals surface area contributed by atoms with E-state index in [1.165, 1.54) is 46.3 Å². The van der Waals surface area contributed by atoms with Gasteiger partial charge >= 0.3 is 24.0 Å². The first-order valence-electron chi connectivity index (χ1n) is 20.8. The van der Waals surface area contributed by atoms with Crippen molar-refractivity contribution in [1.82, 2.24) is 5.32 Å². The number of allylic oxidation sites excluding steroid dienone is 1. The molecule has 1 amide bonds. The molecule has 1 saturated heterocycles. The number of carbonyl (C=O) groups is 5. The van der Waals surface area contributed by atoms with Crippen molar-refractivity contribution in [3.63, 3.8) is 0 Å². The molecule has 2 saturated carbocycles. The monoisotopic (exact) mass is 873 g/mol. The summed E-state index contributed by atoms with van der Waals surface area (Å²) in [6, 6.07) is 3.10. The van der Waals surface area contributed by atoms with Crippen molar-refractivity contribution in [1.29, 1.82) is 0 Å². The number of amides is 1. The van der Waals surface area contributed by atoms with Crippen LogP contribution in [-0.2, 0) is 42.8 Å². The van der Waals surface area contributed by atoms with Gasteiger partial charge in [-0.25, -0.2) is 14.4 Å². The number of ketones is 1. The summed E-state index contributed by atoms with van der Waals surface area (Å²) in [7, 11) is 2.75. The van der Waals surface area contributed by atoms with Crippen molar-refractivity contribution in [3.05, 3.63) is 46.6 Å². The number of Topliss-reactive ketones (excluding diaryl/α,β-unsaturated/α-hetero) is 1. The quantitative estimate of drug-likeness (QED) is 0.132. The van der Waals surface area contributed by atoms with Gasteiger partial charge < -0.3 is 58.5 Å². The van der Waals surface area contributed by atoms with E-state index in [2.05, 4.69) is 5.32 Å². The zero-order valence-corrected chi connectivity index (χ0v) is 37.9. The number of methoxy groups -OCH3 is 2. The molecule has 5 rings (SSSR count). The van der Waals surface area contributed by atoms with E-state index in [1.807, 2.05) is 0 Å². The van der Waals surface area contributed by atoms with Gasteiger partial charge in [-0.05, 0) is 84.7 Å². The summed E-state index contributed by atoms with van der Waals surface area (Å²) < 4.78 is 47.2. The van der Waals surface area contributed by atoms with E-state index in [1.54, 1.807) is 68.4 Å². The molecule has 17 nitrogen and oxygen atoms in total. The summed E-state index contributed by atoms with van der Waals surface area (Å²) in [5.41, 5.74) is -7.50. The normalized spacial score (nSPS) is 32.2. The molecule has 0 radical (unpaired) electrons. The molecule has 1 aliphatic heterocycles. The van der Waals surface area contributed by atoms with Crippen LogP contribution in [0, 0.1) is 16.7 Å². The van der Waals surface area contributed by atoms with E-state index in [0.717, 1.165) is 0 Å². The van der Waals surface area contributed by atoms with Crippen LogP contribution in [0.4, 0.5) is 4.79 Å². The Bertz CT molecular complexity index is 2000. The van der Waals surface area contributed by atoms with Crippen LogP contribution < -0.4 is 14.8 Å². The topological polar surface area (TPSA) is 232 Å². The van der Waals surface area contributed by atoms with Crippen LogP contribution in [0.15, 0.2) is 41.0 Å². The number of benzene rings is 1. The van der Waals surface area contributed by atoms with Crippen molar-refractivity contribution < 1.29 is 77.2 Å². The summed E-state index contributed by atoms with van der Waals surface area (Å²) >= 11 is 0. The zero-order valence-electron chi connectivity index (χ0n) is 37.9. The third kappa shape index (κ3) is 8.45. The smallest absolute Gasteiger partial charge is 0.408 e. The van der Waals surface area contributed by atoms with E-state index in [-0.39, 0.29) is 47.8 Å². The van der Waals surface area contributed by atoms with Gasteiger partial charge in [0.15, 0.2) is 17.5 Å². The number of aliphatic hydroxyl groups is 3. The molecule has 1 heterocycles. The maximum Gasteiger partial charge on any atom is 0.408 e. The molecule has 0 aromatic heterocycles. The van der Waals surface area contributed by atoms with E-state index < -0.39 is 112 Å². The van der Waals surface area contributed by atoms with E-state index in [4.69, 9.17) is 37.9 Å². The standard InChI is InChI=1S/C45H63NO16/c1-14-57-34-32-23(4)29(59-39(52)33(49)27(17-22(2)3)46-40(53)62-41(6,7)8)20-45(54,42(32,9)10)37(60-38(51)26-18-25(55-12)15-16-28(26)56-13)35-43(11,36(34)50)30(48)19-31-44(35,21-58-31)61-24(5)47/h15-18,27,29-31,33-35,37,48-49,54H,14,19-21H2,1-13H3,(H,46,53)/t27-,29-,30-,31+,33+,34+,35-,37-,43+,44-,45+/m0/s1. The molecule has 3 fully saturated rings. The van der Waals surface area contributed by atoms with E-state index in [9.17, 15) is 34.5 Å². The Morgan fingerprint density at radius 3 is 2.24 bits per heavy atom. The van der Waals surface area contributed by atoms with Crippen LogP contribution in [0.25, 0.3) is 0 Å². The van der Waals surface area contributed by atoms with Gasteiger partial charge in [-0.2, -0.15) is 0 Å². The molecule has 62 heavy (non-hydrogen) atoms. The van der Waals surface area contributed by atoms with Crippen LogP contribution in [0.2, 0.25) is 0 Å². The number of alkyl carbamates (subject to hydrolysis) is 1. The lowest BCUT2D eigenvalue weighted by molar-refractivity contribution is -0.346. The summed E-state index contributed by atoms with van der Waals surface area (Å²) in [6.45, 7) is 17.2. The summed E-state index contributed by atoms with van der Waals surface area (Å²) in [6.07, 6.45) is -9.34. The average molecular weight is 874 g/mol. The minimum Gasteiger partial charge on any atom is -0.497 e. The number of carbonyl (C=O) groups excluding carboxylic acids is 5. The van der Waals surface area contributed by atoms with Gasteiger partial charge in [0.1, 0.15) is 52.7 Å². The fraction of sp³-hybridized carbons (Fsp3) is 0.667. The molecule has 1 aromatic carbocycles. The van der Waals surface area contributed by atoms with Crippen molar-refractivity contribution in [2.45, 2.75) is 148 Å². The predicted octanol–water partition coefficient (Wildman–Crippen LogP) is 3.91. The second kappa shape index (κ2) is 17.5. The van der Waals surface area contributed by atoms with Gasteiger partial charge in [-0.3, -0.25) is 9.59 Å². The Balaban J connectivity index is 1.75. The minimum absolute atomic E-state index is 0.0166. The van der Waals surface area contributed by atoms with Gasteiger partial charge in [-0.15, -0.1) is 0 Å². The van der Waals surface area contributed by atoms with Gasteiger partial charge in [-0.1, -0.05) is 25.5 Å². The number of hydrogen-bond acceptors (Lipinski definition) is 16. The van der Waals surface area contributed by atoms with Gasteiger partial charge in [0.05, 0.1) is 44.3 Å². The van der Waals surface area contributed by atoms with Gasteiger partial charge in [0.25, 0.3) is 0 Å². The third-order valence-electron chi connectivity index (χ3n) is 12.9. The van der Waals surface area contributed by atoms with Crippen molar-refractivity contribution in [2.24, 2.45) is 16.7 Å². The maximum absolute atomic E-state index is 15.5. The molecule has 344 valence electrons. The molecule has 0 spiro atoms. The van der Waals surface area contributed by atoms with Crippen molar-refractivity contribution >= 4 is 29.8 Å². The van der Waals surface area contributed by atoms with Crippen LogP contribution in [0.1, 0.15) is 99.4 Å². The van der Waals surface area contributed by atoms with Crippen LogP contribution in [-0.4, -0.2) is 132 Å². The SMILES string of the molecule is CCO[C@H]1C(=O)[C@@]2(C)[C@H]([C@H](OC(=O)c3cc(OC)ccc3OC)[C@]3(O)C[C@H](OC(=O)[C@H](O)[C@H](C=C(C)C)NC(=O)OC(C)(C)C)C(C)=C1C3(C)C)[C@]1(OC(C)=O)CO[C@@H]1C[C@@H]2O. The van der Waals surface area contributed by atoms with Crippen LogP contribution in [0.3, 0.4) is 0 Å². The number of esters is 3. The first-order chi connectivity index (χ1) is 28.7. The second-order valence-corrected chi connectivity index (χ2v) is 18.6. The highest BCUT2D eigenvalue weighted by Crippen LogP contribution is 2.64. The number of fused-ring (bicyclic) bond motifs is 5. The maximum atomic E-state index is 15.5. The minimum atomic E-state index is -2.35. The Kier molecular flexibility index (Phi) is 13.7. The molecular formula is C45H63NO16. The third-order valence-corrected chi connectivity index (χ3v) is 12.9. The van der Waals surface area contributed by atoms with Crippen molar-refractivity contribution in [2.75, 3.05) is 27.4 Å². The van der Waals surface area contributed by atoms with Crippen LogP contribution in [0.5, 0.6) is 11.5 Å². The summed E-state index contributed by atoms with van der Waals surface area (Å²) in [5, 5.41) is 39.9. The number of ether oxygens (including phenoxy) is 8. The molecule has 0 unspecified atom stereocenters. The molecule has 4 aliphatic rings. The molecule has 1 aromatic rings. The number of rotatable bonds is 12. The molecule has 17 heteroatoms. The highest BCUT2D eigenvalue weighted by molar-refractivity contribution is 5.95. The lowest BCUT2D eigenvalue weighted by atomic mass is 9.44. The lowest BCUT2D eigenvalue weighted by Crippen LogP contribution is -2.82. The van der Waals surface area contributed by atoms with Gasteiger partial charge in [0, 0.05) is 31.8 Å². The Morgan fingerprint density at radius 1 is 1.05 bits per heavy atom. The number of nitrogens with one attached hydrogen (secondary N) is 1. The lowest BCUT2D eigenvalue weighted by Gasteiger charge is -2.67. The molecule has 2 bridgehead atoms. The number of hydrogen-bond donors (Lipinski definition) is 4. The highest BCUT2D eigenvalue weighted by Gasteiger charge is 2.78. The predicted molar refractivity (Wildman–Crippen MR) is 220 cm³/mol. The molecule has 4 N–H and O–H groups in total.